The number of aromatic nitrogens is 2. The Morgan fingerprint density at radius 1 is 1.42 bits per heavy atom. The van der Waals surface area contributed by atoms with Gasteiger partial charge in [0, 0.05) is 0 Å². The van der Waals surface area contributed by atoms with Crippen molar-refractivity contribution in [2.45, 2.75) is 17.3 Å². The third-order valence-electron chi connectivity index (χ3n) is 3.28. The number of hydrogen-bond donors (Lipinski definition) is 2. The summed E-state index contributed by atoms with van der Waals surface area (Å²) in [5.41, 5.74) is 0.647. The predicted molar refractivity (Wildman–Crippen MR) is 95.3 cm³/mol. The molecule has 2 aromatic heterocycles. The van der Waals surface area contributed by atoms with E-state index in [1.807, 2.05) is 6.07 Å². The molecule has 3 rings (SSSR count). The van der Waals surface area contributed by atoms with Gasteiger partial charge in [0.1, 0.15) is 10.9 Å². The number of carbonyl (C=O) groups is 1. The Hall–Kier alpha value is -2.63. The zero-order chi connectivity index (χ0) is 17.1. The maximum atomic E-state index is 12.3. The van der Waals surface area contributed by atoms with E-state index in [9.17, 15) is 9.59 Å². The number of nitrogens with zero attached hydrogens (tertiary/aromatic N) is 2. The van der Waals surface area contributed by atoms with Crippen molar-refractivity contribution < 1.29 is 4.79 Å². The number of hydrogen-bond acceptors (Lipinski definition) is 6. The van der Waals surface area contributed by atoms with Gasteiger partial charge in [0.2, 0.25) is 5.91 Å². The number of amides is 1. The lowest BCUT2D eigenvalue weighted by Crippen LogP contribution is -2.23. The molecule has 0 saturated heterocycles. The first kappa shape index (κ1) is 16.2. The van der Waals surface area contributed by atoms with Crippen LogP contribution >= 0.6 is 23.1 Å². The first-order valence-corrected chi connectivity index (χ1v) is 8.78. The van der Waals surface area contributed by atoms with Crippen molar-refractivity contribution in [1.82, 2.24) is 9.97 Å². The van der Waals surface area contributed by atoms with Gasteiger partial charge in [-0.3, -0.25) is 9.59 Å². The number of nitriles is 1. The Morgan fingerprint density at radius 3 is 3.00 bits per heavy atom. The van der Waals surface area contributed by atoms with Crippen molar-refractivity contribution in [2.75, 3.05) is 5.32 Å². The highest BCUT2D eigenvalue weighted by atomic mass is 32.2. The fraction of sp³-hybridized carbons (Fsp3) is 0.125. The van der Waals surface area contributed by atoms with Crippen LogP contribution in [0.25, 0.3) is 10.2 Å². The zero-order valence-electron chi connectivity index (χ0n) is 12.6. The van der Waals surface area contributed by atoms with E-state index in [0.29, 0.717) is 26.6 Å². The molecule has 0 bridgehead atoms. The summed E-state index contributed by atoms with van der Waals surface area (Å²) in [5.74, 6) is -0.267. The number of thiophene rings is 1. The molecule has 1 amide bonds. The number of anilines is 1. The molecule has 0 aliphatic carbocycles. The lowest BCUT2D eigenvalue weighted by molar-refractivity contribution is -0.115. The molecule has 0 aliphatic rings. The van der Waals surface area contributed by atoms with Gasteiger partial charge in [0.25, 0.3) is 5.56 Å². The SMILES string of the molecule is CC(Sc1nc2sccc2c(=O)[nH]1)C(=O)Nc1ccccc1C#N. The van der Waals surface area contributed by atoms with Crippen LogP contribution in [0.15, 0.2) is 45.7 Å². The Balaban J connectivity index is 1.76. The lowest BCUT2D eigenvalue weighted by atomic mass is 10.2. The van der Waals surface area contributed by atoms with Crippen LogP contribution in [-0.2, 0) is 4.79 Å². The average molecular weight is 356 g/mol. The molecular formula is C16H12N4O2S2. The standard InChI is InChI=1S/C16H12N4O2S2/c1-9(13(21)18-12-5-3-2-4-10(12)8-17)24-16-19-14(22)11-6-7-23-15(11)20-16/h2-7,9H,1H3,(H,18,21)(H,19,20,22). The minimum Gasteiger partial charge on any atom is -0.324 e. The molecule has 1 aromatic carbocycles. The van der Waals surface area contributed by atoms with Crippen LogP contribution in [0.1, 0.15) is 12.5 Å². The van der Waals surface area contributed by atoms with Crippen LogP contribution in [0.4, 0.5) is 5.69 Å². The number of aromatic amines is 1. The van der Waals surface area contributed by atoms with E-state index in [0.717, 1.165) is 11.8 Å². The van der Waals surface area contributed by atoms with E-state index in [1.165, 1.54) is 11.3 Å². The summed E-state index contributed by atoms with van der Waals surface area (Å²) in [5, 5.41) is 14.0. The normalized spacial score (nSPS) is 11.8. The third kappa shape index (κ3) is 3.32. The smallest absolute Gasteiger partial charge is 0.260 e. The monoisotopic (exact) mass is 356 g/mol. The van der Waals surface area contributed by atoms with Crippen molar-refractivity contribution in [3.05, 3.63) is 51.6 Å². The molecule has 24 heavy (non-hydrogen) atoms. The minimum atomic E-state index is -0.489. The first-order chi connectivity index (χ1) is 11.6. The quantitative estimate of drug-likeness (QED) is 0.553. The number of thioether (sulfide) groups is 1. The average Bonchev–Trinajstić information content (AvgIpc) is 3.04. The minimum absolute atomic E-state index is 0.216. The summed E-state index contributed by atoms with van der Waals surface area (Å²) in [7, 11) is 0. The highest BCUT2D eigenvalue weighted by molar-refractivity contribution is 8.00. The number of carbonyl (C=O) groups excluding carboxylic acids is 1. The van der Waals surface area contributed by atoms with E-state index < -0.39 is 5.25 Å². The molecule has 2 heterocycles. The molecule has 0 aliphatic heterocycles. The van der Waals surface area contributed by atoms with Crippen molar-refractivity contribution in [3.63, 3.8) is 0 Å². The third-order valence-corrected chi connectivity index (χ3v) is 5.07. The van der Waals surface area contributed by atoms with Gasteiger partial charge < -0.3 is 10.3 Å². The van der Waals surface area contributed by atoms with E-state index in [-0.39, 0.29) is 11.5 Å². The second-order valence-corrected chi connectivity index (χ2v) is 7.14. The molecule has 1 unspecified atom stereocenters. The van der Waals surface area contributed by atoms with Crippen molar-refractivity contribution in [2.24, 2.45) is 0 Å². The van der Waals surface area contributed by atoms with Crippen LogP contribution < -0.4 is 10.9 Å². The number of benzene rings is 1. The topological polar surface area (TPSA) is 98.6 Å². The van der Waals surface area contributed by atoms with Crippen LogP contribution in [-0.4, -0.2) is 21.1 Å². The molecular weight excluding hydrogens is 344 g/mol. The second kappa shape index (κ2) is 6.86. The Labute approximate surface area is 145 Å². The lowest BCUT2D eigenvalue weighted by Gasteiger charge is -2.12. The van der Waals surface area contributed by atoms with E-state index in [2.05, 4.69) is 15.3 Å². The Morgan fingerprint density at radius 2 is 2.21 bits per heavy atom. The van der Waals surface area contributed by atoms with E-state index >= 15 is 0 Å². The van der Waals surface area contributed by atoms with Crippen molar-refractivity contribution >= 4 is 44.9 Å². The summed E-state index contributed by atoms with van der Waals surface area (Å²) in [6.45, 7) is 1.72. The van der Waals surface area contributed by atoms with E-state index in [4.69, 9.17) is 5.26 Å². The van der Waals surface area contributed by atoms with Gasteiger partial charge in [-0.2, -0.15) is 5.26 Å². The van der Waals surface area contributed by atoms with Gasteiger partial charge in [-0.25, -0.2) is 4.98 Å². The van der Waals surface area contributed by atoms with E-state index in [1.54, 1.807) is 42.6 Å². The molecule has 2 N–H and O–H groups in total. The highest BCUT2D eigenvalue weighted by Gasteiger charge is 2.18. The van der Waals surface area contributed by atoms with Crippen molar-refractivity contribution in [3.8, 4) is 6.07 Å². The maximum absolute atomic E-state index is 12.3. The number of rotatable bonds is 4. The molecule has 0 radical (unpaired) electrons. The molecule has 0 saturated carbocycles. The summed E-state index contributed by atoms with van der Waals surface area (Å²) in [6.07, 6.45) is 0. The molecule has 1 atom stereocenters. The summed E-state index contributed by atoms with van der Waals surface area (Å²) >= 11 is 2.54. The van der Waals surface area contributed by atoms with Gasteiger partial charge in [-0.15, -0.1) is 11.3 Å². The summed E-state index contributed by atoms with van der Waals surface area (Å²) < 4.78 is 0. The molecule has 0 spiro atoms. The van der Waals surface area contributed by atoms with Crippen LogP contribution in [0.5, 0.6) is 0 Å². The Kier molecular flexibility index (Phi) is 4.64. The molecule has 120 valence electrons. The number of nitrogens with one attached hydrogen (secondary N) is 2. The predicted octanol–water partition coefficient (Wildman–Crippen LogP) is 2.98. The van der Waals surface area contributed by atoms with Gasteiger partial charge in [0.15, 0.2) is 5.16 Å². The summed E-state index contributed by atoms with van der Waals surface area (Å²) in [4.78, 5) is 31.9. The fourth-order valence-corrected chi connectivity index (χ4v) is 3.67. The van der Waals surface area contributed by atoms with Crippen LogP contribution in [0, 0.1) is 11.3 Å². The molecule has 8 heteroatoms. The fourth-order valence-electron chi connectivity index (χ4n) is 2.05. The molecule has 0 fully saturated rings. The summed E-state index contributed by atoms with van der Waals surface area (Å²) in [6, 6.07) is 10.5. The van der Waals surface area contributed by atoms with Gasteiger partial charge in [-0.05, 0) is 30.5 Å². The second-order valence-electron chi connectivity index (χ2n) is 4.92. The highest BCUT2D eigenvalue weighted by Crippen LogP contribution is 2.23. The van der Waals surface area contributed by atoms with Crippen LogP contribution in [0.2, 0.25) is 0 Å². The number of H-pyrrole nitrogens is 1. The van der Waals surface area contributed by atoms with Gasteiger partial charge in [0.05, 0.1) is 21.9 Å². The first-order valence-electron chi connectivity index (χ1n) is 7.02. The van der Waals surface area contributed by atoms with Crippen molar-refractivity contribution in [1.29, 1.82) is 5.26 Å². The maximum Gasteiger partial charge on any atom is 0.260 e. The number of para-hydroxylation sites is 1. The number of fused-ring (bicyclic) bond motifs is 1. The molecule has 3 aromatic rings. The Bertz CT molecular complexity index is 1000. The largest absolute Gasteiger partial charge is 0.324 e. The van der Waals surface area contributed by atoms with Gasteiger partial charge in [-0.1, -0.05) is 23.9 Å². The van der Waals surface area contributed by atoms with Gasteiger partial charge >= 0.3 is 0 Å². The zero-order valence-corrected chi connectivity index (χ0v) is 14.2. The van der Waals surface area contributed by atoms with Crippen LogP contribution in [0.3, 0.4) is 0 Å². The molecule has 6 nitrogen and oxygen atoms in total.